The van der Waals surface area contributed by atoms with E-state index < -0.39 is 21.1 Å². The zero-order valence-corrected chi connectivity index (χ0v) is 16.1. The number of nitrogens with one attached hydrogen (secondary N) is 1. The molecule has 1 aliphatic rings. The van der Waals surface area contributed by atoms with E-state index >= 15 is 0 Å². The van der Waals surface area contributed by atoms with E-state index in [0.29, 0.717) is 11.6 Å². The van der Waals surface area contributed by atoms with Crippen LogP contribution in [0.1, 0.15) is 37.4 Å². The normalized spacial score (nSPS) is 15.5. The van der Waals surface area contributed by atoms with Gasteiger partial charge in [-0.15, -0.1) is 10.2 Å². The fraction of sp³-hybridized carbons (Fsp3) is 0.412. The Morgan fingerprint density at radius 2 is 2.00 bits per heavy atom. The molecule has 0 bridgehead atoms. The van der Waals surface area contributed by atoms with Crippen molar-refractivity contribution >= 4 is 16.0 Å². The lowest BCUT2D eigenvalue weighted by Crippen LogP contribution is -2.29. The van der Waals surface area contributed by atoms with Gasteiger partial charge in [0.1, 0.15) is 11.6 Å². The van der Waals surface area contributed by atoms with Crippen molar-refractivity contribution in [3.8, 4) is 11.6 Å². The molecular weight excluding hydrogens is 387 g/mol. The summed E-state index contributed by atoms with van der Waals surface area (Å²) < 4.78 is 48.4. The lowest BCUT2D eigenvalue weighted by atomic mass is 10.3. The van der Waals surface area contributed by atoms with Gasteiger partial charge in [-0.3, -0.25) is 9.29 Å². The Bertz CT molecular complexity index is 1090. The van der Waals surface area contributed by atoms with Crippen molar-refractivity contribution in [2.75, 3.05) is 4.72 Å². The zero-order chi connectivity index (χ0) is 19.9. The minimum Gasteiger partial charge on any atom is -0.458 e. The van der Waals surface area contributed by atoms with Crippen molar-refractivity contribution in [2.45, 2.75) is 44.4 Å². The average Bonchev–Trinajstić information content (AvgIpc) is 3.26. The summed E-state index contributed by atoms with van der Waals surface area (Å²) in [6, 6.07) is 3.73. The molecule has 0 spiro atoms. The van der Waals surface area contributed by atoms with Crippen LogP contribution in [0.15, 0.2) is 28.9 Å². The number of halogens is 1. The molecular formula is C17H19FN6O3S. The molecule has 0 aliphatic heterocycles. The zero-order valence-electron chi connectivity index (χ0n) is 15.3. The maximum atomic E-state index is 12.9. The lowest BCUT2D eigenvalue weighted by molar-refractivity contribution is 0.538. The Hall–Kier alpha value is -2.82. The standard InChI is InChI=1S/C17H19FN6O3S/c1-10-3-6-14(27-10)16-21-22-17(24(16)13-4-5-13)23-28(25,26)11(2)7-15-19-8-12(18)9-20-15/h3,6,8-9,11,13H,4-5,7H2,1-2H3,(H,22,23). The van der Waals surface area contributed by atoms with Crippen molar-refractivity contribution in [3.05, 3.63) is 41.9 Å². The highest BCUT2D eigenvalue weighted by molar-refractivity contribution is 7.93. The fourth-order valence-electron chi connectivity index (χ4n) is 2.80. The molecule has 1 fully saturated rings. The van der Waals surface area contributed by atoms with E-state index in [4.69, 9.17) is 4.42 Å². The number of hydrogen-bond acceptors (Lipinski definition) is 7. The van der Waals surface area contributed by atoms with Crippen molar-refractivity contribution < 1.29 is 17.2 Å². The second-order valence-corrected chi connectivity index (χ2v) is 8.94. The Labute approximate surface area is 161 Å². The predicted octanol–water partition coefficient (Wildman–Crippen LogP) is 2.48. The minimum atomic E-state index is -3.79. The molecule has 0 radical (unpaired) electrons. The number of aromatic nitrogens is 5. The van der Waals surface area contributed by atoms with Crippen molar-refractivity contribution in [1.29, 1.82) is 0 Å². The van der Waals surface area contributed by atoms with Crippen molar-refractivity contribution in [3.63, 3.8) is 0 Å². The van der Waals surface area contributed by atoms with Gasteiger partial charge < -0.3 is 4.42 Å². The van der Waals surface area contributed by atoms with Gasteiger partial charge in [0.25, 0.3) is 0 Å². The maximum absolute atomic E-state index is 12.9. The molecule has 4 rings (SSSR count). The first kappa shape index (κ1) is 18.5. The topological polar surface area (TPSA) is 116 Å². The van der Waals surface area contributed by atoms with Crippen LogP contribution in [0.3, 0.4) is 0 Å². The number of anilines is 1. The molecule has 148 valence electrons. The van der Waals surface area contributed by atoms with Crippen LogP contribution in [-0.4, -0.2) is 38.4 Å². The molecule has 11 heteroatoms. The van der Waals surface area contributed by atoms with Crippen LogP contribution in [0.4, 0.5) is 10.3 Å². The summed E-state index contributed by atoms with van der Waals surface area (Å²) in [6.07, 6.45) is 3.89. The summed E-state index contributed by atoms with van der Waals surface area (Å²) in [6.45, 7) is 3.35. The van der Waals surface area contributed by atoms with Gasteiger partial charge in [0.15, 0.2) is 11.6 Å². The summed E-state index contributed by atoms with van der Waals surface area (Å²) in [5.74, 6) is 1.58. The summed E-state index contributed by atoms with van der Waals surface area (Å²) in [5, 5.41) is 7.30. The maximum Gasteiger partial charge on any atom is 0.238 e. The van der Waals surface area contributed by atoms with Crippen LogP contribution in [-0.2, 0) is 16.4 Å². The Kier molecular flexibility index (Phi) is 4.61. The van der Waals surface area contributed by atoms with Crippen LogP contribution in [0, 0.1) is 12.7 Å². The van der Waals surface area contributed by atoms with E-state index in [1.165, 1.54) is 6.92 Å². The van der Waals surface area contributed by atoms with Gasteiger partial charge in [0.2, 0.25) is 21.8 Å². The molecule has 9 nitrogen and oxygen atoms in total. The van der Waals surface area contributed by atoms with E-state index in [-0.39, 0.29) is 24.2 Å². The highest BCUT2D eigenvalue weighted by atomic mass is 32.2. The number of furan rings is 1. The predicted molar refractivity (Wildman–Crippen MR) is 98.4 cm³/mol. The third kappa shape index (κ3) is 3.75. The molecule has 0 amide bonds. The molecule has 1 N–H and O–H groups in total. The minimum absolute atomic E-state index is 0.0391. The average molecular weight is 406 g/mol. The number of aryl methyl sites for hydroxylation is 1. The van der Waals surface area contributed by atoms with E-state index in [1.807, 2.05) is 13.0 Å². The SMILES string of the molecule is Cc1ccc(-c2nnc(NS(=O)(=O)C(C)Cc3ncc(F)cn3)n2C2CC2)o1. The van der Waals surface area contributed by atoms with Crippen LogP contribution in [0.2, 0.25) is 0 Å². The molecule has 3 aromatic rings. The van der Waals surface area contributed by atoms with Crippen LogP contribution in [0.5, 0.6) is 0 Å². The van der Waals surface area contributed by atoms with Crippen LogP contribution >= 0.6 is 0 Å². The number of rotatable bonds is 7. The molecule has 1 saturated carbocycles. The summed E-state index contributed by atoms with van der Waals surface area (Å²) >= 11 is 0. The highest BCUT2D eigenvalue weighted by Crippen LogP contribution is 2.40. The Balaban J connectivity index is 1.57. The van der Waals surface area contributed by atoms with Crippen LogP contribution < -0.4 is 4.72 Å². The van der Waals surface area contributed by atoms with Gasteiger partial charge in [-0.25, -0.2) is 22.8 Å². The largest absolute Gasteiger partial charge is 0.458 e. The van der Waals surface area contributed by atoms with Gasteiger partial charge in [0, 0.05) is 12.5 Å². The van der Waals surface area contributed by atoms with Crippen molar-refractivity contribution in [2.24, 2.45) is 0 Å². The van der Waals surface area contributed by atoms with E-state index in [9.17, 15) is 12.8 Å². The number of hydrogen-bond donors (Lipinski definition) is 1. The molecule has 3 heterocycles. The van der Waals surface area contributed by atoms with Gasteiger partial charge in [-0.2, -0.15) is 0 Å². The first-order valence-corrected chi connectivity index (χ1v) is 10.4. The summed E-state index contributed by atoms with van der Waals surface area (Å²) in [7, 11) is -3.79. The van der Waals surface area contributed by atoms with Gasteiger partial charge >= 0.3 is 0 Å². The molecule has 1 aliphatic carbocycles. The van der Waals surface area contributed by atoms with Crippen LogP contribution in [0.25, 0.3) is 11.6 Å². The molecule has 0 saturated heterocycles. The van der Waals surface area contributed by atoms with E-state index in [1.54, 1.807) is 10.6 Å². The molecule has 1 unspecified atom stereocenters. The molecule has 28 heavy (non-hydrogen) atoms. The van der Waals surface area contributed by atoms with Gasteiger partial charge in [-0.1, -0.05) is 0 Å². The number of sulfonamides is 1. The molecule has 3 aromatic heterocycles. The highest BCUT2D eigenvalue weighted by Gasteiger charge is 2.33. The molecule has 1 atom stereocenters. The third-order valence-electron chi connectivity index (χ3n) is 4.48. The summed E-state index contributed by atoms with van der Waals surface area (Å²) in [4.78, 5) is 7.63. The Morgan fingerprint density at radius 3 is 2.61 bits per heavy atom. The smallest absolute Gasteiger partial charge is 0.238 e. The lowest BCUT2D eigenvalue weighted by Gasteiger charge is -2.14. The fourth-order valence-corrected chi connectivity index (χ4v) is 3.76. The quantitative estimate of drug-likeness (QED) is 0.641. The van der Waals surface area contributed by atoms with Gasteiger partial charge in [0.05, 0.1) is 17.6 Å². The first-order chi connectivity index (χ1) is 13.3. The summed E-state index contributed by atoms with van der Waals surface area (Å²) in [5.41, 5.74) is 0. The van der Waals surface area contributed by atoms with Crippen molar-refractivity contribution in [1.82, 2.24) is 24.7 Å². The molecule has 0 aromatic carbocycles. The van der Waals surface area contributed by atoms with E-state index in [2.05, 4.69) is 24.9 Å². The van der Waals surface area contributed by atoms with Gasteiger partial charge in [-0.05, 0) is 38.8 Å². The first-order valence-electron chi connectivity index (χ1n) is 8.83. The second kappa shape index (κ2) is 6.97. The number of nitrogens with zero attached hydrogens (tertiary/aromatic N) is 5. The second-order valence-electron chi connectivity index (χ2n) is 6.84. The van der Waals surface area contributed by atoms with E-state index in [0.717, 1.165) is 31.0 Å². The Morgan fingerprint density at radius 1 is 1.29 bits per heavy atom. The third-order valence-corrected chi connectivity index (χ3v) is 6.17. The monoisotopic (exact) mass is 406 g/mol.